The van der Waals surface area contributed by atoms with Crippen LogP contribution in [-0.2, 0) is 6.54 Å². The van der Waals surface area contributed by atoms with Gasteiger partial charge in [0, 0.05) is 23.2 Å². The molecule has 0 spiro atoms. The lowest BCUT2D eigenvalue weighted by atomic mass is 9.97. The van der Waals surface area contributed by atoms with E-state index in [1.54, 1.807) is 0 Å². The van der Waals surface area contributed by atoms with Gasteiger partial charge in [-0.3, -0.25) is 4.90 Å². The summed E-state index contributed by atoms with van der Waals surface area (Å²) in [5, 5.41) is 2.18. The fraction of sp³-hybridized carbons (Fsp3) is 0.444. The van der Waals surface area contributed by atoms with Crippen molar-refractivity contribution in [2.24, 2.45) is 0 Å². The fourth-order valence-electron chi connectivity index (χ4n) is 2.78. The molecule has 1 atom stereocenters. The minimum absolute atomic E-state index is 0.593. The Morgan fingerprint density at radius 2 is 2.00 bits per heavy atom. The molecule has 0 amide bonds. The third-order valence-electron chi connectivity index (χ3n) is 4.36. The molecule has 3 heteroatoms. The van der Waals surface area contributed by atoms with E-state index in [0.29, 0.717) is 5.92 Å². The first-order valence-corrected chi connectivity index (χ1v) is 8.72. The van der Waals surface area contributed by atoms with Crippen LogP contribution in [0.5, 0.6) is 0 Å². The molecule has 112 valence electrons. The third kappa shape index (κ3) is 4.08. The predicted molar refractivity (Wildman–Crippen MR) is 91.6 cm³/mol. The molecule has 1 aromatic heterocycles. The van der Waals surface area contributed by atoms with Gasteiger partial charge in [0.2, 0.25) is 0 Å². The van der Waals surface area contributed by atoms with E-state index in [4.69, 9.17) is 5.73 Å². The van der Waals surface area contributed by atoms with Crippen molar-refractivity contribution in [3.63, 3.8) is 0 Å². The molecular formula is C18H24N2S. The minimum atomic E-state index is 0.593. The second-order valence-electron chi connectivity index (χ2n) is 6.14. The lowest BCUT2D eigenvalue weighted by Crippen LogP contribution is -2.27. The quantitative estimate of drug-likeness (QED) is 0.763. The Labute approximate surface area is 131 Å². The first-order chi connectivity index (χ1) is 10.2. The van der Waals surface area contributed by atoms with Crippen LogP contribution < -0.4 is 5.73 Å². The molecule has 3 rings (SSSR count). The molecule has 2 N–H and O–H groups in total. The standard InChI is InChI=1S/C18H24N2S/c1-14(15-4-6-16(19)7-5-15)10-11-20(17-8-9-17)13-18-3-2-12-21-18/h2-7,12,14,17H,8-11,13,19H2,1H3. The molecule has 0 bridgehead atoms. The van der Waals surface area contributed by atoms with Gasteiger partial charge in [0.25, 0.3) is 0 Å². The van der Waals surface area contributed by atoms with Crippen LogP contribution in [0.3, 0.4) is 0 Å². The van der Waals surface area contributed by atoms with Gasteiger partial charge in [0.15, 0.2) is 0 Å². The second-order valence-corrected chi connectivity index (χ2v) is 7.17. The van der Waals surface area contributed by atoms with Crippen LogP contribution in [0.2, 0.25) is 0 Å². The summed E-state index contributed by atoms with van der Waals surface area (Å²) in [5.74, 6) is 0.593. The van der Waals surface area contributed by atoms with Gasteiger partial charge in [-0.05, 0) is 60.9 Å². The Kier molecular flexibility index (Phi) is 4.61. The van der Waals surface area contributed by atoms with Gasteiger partial charge in [0.05, 0.1) is 0 Å². The SMILES string of the molecule is CC(CCN(Cc1cccs1)C1CC1)c1ccc(N)cc1. The molecule has 1 aliphatic carbocycles. The van der Waals surface area contributed by atoms with Gasteiger partial charge in [-0.1, -0.05) is 25.1 Å². The highest BCUT2D eigenvalue weighted by Gasteiger charge is 2.29. The Morgan fingerprint density at radius 1 is 1.24 bits per heavy atom. The number of nitrogens with two attached hydrogens (primary N) is 1. The maximum atomic E-state index is 5.77. The van der Waals surface area contributed by atoms with Crippen LogP contribution in [0, 0.1) is 0 Å². The first kappa shape index (κ1) is 14.6. The van der Waals surface area contributed by atoms with Gasteiger partial charge in [0.1, 0.15) is 0 Å². The Hall–Kier alpha value is -1.32. The summed E-state index contributed by atoms with van der Waals surface area (Å²) >= 11 is 1.87. The third-order valence-corrected chi connectivity index (χ3v) is 5.22. The van der Waals surface area contributed by atoms with Gasteiger partial charge in [-0.25, -0.2) is 0 Å². The lowest BCUT2D eigenvalue weighted by Gasteiger charge is -2.23. The van der Waals surface area contributed by atoms with Crippen LogP contribution in [0.4, 0.5) is 5.69 Å². The maximum absolute atomic E-state index is 5.77. The van der Waals surface area contributed by atoms with Crippen LogP contribution in [0.25, 0.3) is 0 Å². The summed E-state index contributed by atoms with van der Waals surface area (Å²) < 4.78 is 0. The molecule has 21 heavy (non-hydrogen) atoms. The fourth-order valence-corrected chi connectivity index (χ4v) is 3.51. The van der Waals surface area contributed by atoms with Crippen molar-refractivity contribution in [1.29, 1.82) is 0 Å². The van der Waals surface area contributed by atoms with E-state index in [-0.39, 0.29) is 0 Å². The smallest absolute Gasteiger partial charge is 0.0330 e. The van der Waals surface area contributed by atoms with E-state index in [9.17, 15) is 0 Å². The van der Waals surface area contributed by atoms with E-state index in [2.05, 4.69) is 41.5 Å². The van der Waals surface area contributed by atoms with Crippen molar-refractivity contribution in [3.05, 3.63) is 52.2 Å². The second kappa shape index (κ2) is 6.63. The van der Waals surface area contributed by atoms with Crippen molar-refractivity contribution < 1.29 is 0 Å². The molecule has 1 saturated carbocycles. The molecule has 2 aromatic rings. The Morgan fingerprint density at radius 3 is 2.62 bits per heavy atom. The molecule has 1 aromatic carbocycles. The molecule has 1 heterocycles. The van der Waals surface area contributed by atoms with Crippen molar-refractivity contribution in [2.45, 2.75) is 44.7 Å². The van der Waals surface area contributed by atoms with E-state index in [0.717, 1.165) is 18.3 Å². The highest BCUT2D eigenvalue weighted by molar-refractivity contribution is 7.09. The zero-order valence-electron chi connectivity index (χ0n) is 12.7. The summed E-state index contributed by atoms with van der Waals surface area (Å²) in [5.41, 5.74) is 8.02. The van der Waals surface area contributed by atoms with Gasteiger partial charge in [-0.15, -0.1) is 11.3 Å². The van der Waals surface area contributed by atoms with Crippen LogP contribution in [-0.4, -0.2) is 17.5 Å². The summed E-state index contributed by atoms with van der Waals surface area (Å²) in [4.78, 5) is 4.15. The molecule has 2 nitrogen and oxygen atoms in total. The number of benzene rings is 1. The number of hydrogen-bond acceptors (Lipinski definition) is 3. The summed E-state index contributed by atoms with van der Waals surface area (Å²) in [6.45, 7) is 4.63. The van der Waals surface area contributed by atoms with E-state index in [1.807, 2.05) is 23.5 Å². The van der Waals surface area contributed by atoms with Crippen molar-refractivity contribution in [3.8, 4) is 0 Å². The Balaban J connectivity index is 1.55. The number of nitrogens with zero attached hydrogens (tertiary/aromatic N) is 1. The molecule has 0 radical (unpaired) electrons. The lowest BCUT2D eigenvalue weighted by molar-refractivity contribution is 0.248. The molecule has 1 aliphatic rings. The number of nitrogen functional groups attached to an aromatic ring is 1. The van der Waals surface area contributed by atoms with Gasteiger partial charge >= 0.3 is 0 Å². The number of thiophene rings is 1. The van der Waals surface area contributed by atoms with Crippen LogP contribution >= 0.6 is 11.3 Å². The molecule has 1 unspecified atom stereocenters. The van der Waals surface area contributed by atoms with Crippen molar-refractivity contribution in [2.75, 3.05) is 12.3 Å². The largest absolute Gasteiger partial charge is 0.399 e. The zero-order valence-corrected chi connectivity index (χ0v) is 13.5. The highest BCUT2D eigenvalue weighted by atomic mass is 32.1. The van der Waals surface area contributed by atoms with E-state index in [1.165, 1.54) is 36.2 Å². The molecular weight excluding hydrogens is 276 g/mol. The molecule has 0 aliphatic heterocycles. The summed E-state index contributed by atoms with van der Waals surface area (Å²) in [6.07, 6.45) is 3.97. The summed E-state index contributed by atoms with van der Waals surface area (Å²) in [7, 11) is 0. The molecule has 0 saturated heterocycles. The molecule has 1 fully saturated rings. The van der Waals surface area contributed by atoms with E-state index >= 15 is 0 Å². The summed E-state index contributed by atoms with van der Waals surface area (Å²) in [6, 6.07) is 13.6. The monoisotopic (exact) mass is 300 g/mol. The highest BCUT2D eigenvalue weighted by Crippen LogP contribution is 2.30. The van der Waals surface area contributed by atoms with Crippen LogP contribution in [0.1, 0.15) is 42.5 Å². The first-order valence-electron chi connectivity index (χ1n) is 7.84. The van der Waals surface area contributed by atoms with Crippen molar-refractivity contribution in [1.82, 2.24) is 4.90 Å². The topological polar surface area (TPSA) is 29.3 Å². The maximum Gasteiger partial charge on any atom is 0.0330 e. The van der Waals surface area contributed by atoms with Crippen LogP contribution in [0.15, 0.2) is 41.8 Å². The average Bonchev–Trinajstić information content (AvgIpc) is 3.21. The number of hydrogen-bond donors (Lipinski definition) is 1. The van der Waals surface area contributed by atoms with Gasteiger partial charge < -0.3 is 5.73 Å². The Bertz CT molecular complexity index is 543. The minimum Gasteiger partial charge on any atom is -0.399 e. The average molecular weight is 300 g/mol. The normalized spacial score (nSPS) is 16.3. The zero-order chi connectivity index (χ0) is 14.7. The number of rotatable bonds is 7. The van der Waals surface area contributed by atoms with Crippen molar-refractivity contribution >= 4 is 17.0 Å². The van der Waals surface area contributed by atoms with Gasteiger partial charge in [-0.2, -0.15) is 0 Å². The van der Waals surface area contributed by atoms with E-state index < -0.39 is 0 Å². The number of anilines is 1. The predicted octanol–water partition coefficient (Wildman–Crippen LogP) is 4.49.